The van der Waals surface area contributed by atoms with Gasteiger partial charge in [0.1, 0.15) is 28.9 Å². The van der Waals surface area contributed by atoms with E-state index in [4.69, 9.17) is 9.15 Å². The van der Waals surface area contributed by atoms with Crippen LogP contribution in [0.25, 0.3) is 11.0 Å². The average molecular weight is 447 g/mol. The highest BCUT2D eigenvalue weighted by Gasteiger charge is 2.23. The van der Waals surface area contributed by atoms with E-state index in [9.17, 15) is 4.79 Å². The van der Waals surface area contributed by atoms with Crippen molar-refractivity contribution in [3.8, 4) is 6.01 Å². The zero-order chi connectivity index (χ0) is 23.8. The molecule has 0 radical (unpaired) electrons. The molecule has 2 N–H and O–H groups in total. The molecule has 0 saturated carbocycles. The fraction of sp³-hybridized carbons (Fsp3) is 0.292. The molecule has 1 amide bonds. The predicted molar refractivity (Wildman–Crippen MR) is 126 cm³/mol. The van der Waals surface area contributed by atoms with Gasteiger partial charge in [-0.05, 0) is 37.6 Å². The molecule has 4 aromatic rings. The maximum atomic E-state index is 12.9. The molecule has 170 valence electrons. The van der Waals surface area contributed by atoms with Crippen molar-refractivity contribution in [1.82, 2.24) is 19.9 Å². The number of aromatic nitrogens is 4. The Bertz CT molecular complexity index is 1340. The van der Waals surface area contributed by atoms with Gasteiger partial charge in [-0.15, -0.1) is 0 Å². The molecule has 0 saturated heterocycles. The number of amides is 1. The Kier molecular flexibility index (Phi) is 5.71. The first-order chi connectivity index (χ1) is 15.7. The van der Waals surface area contributed by atoms with E-state index in [0.29, 0.717) is 33.9 Å². The highest BCUT2D eigenvalue weighted by Crippen LogP contribution is 2.29. The molecule has 4 rings (SSSR count). The second kappa shape index (κ2) is 8.50. The number of hydrogen-bond donors (Lipinski definition) is 2. The molecule has 3 aromatic heterocycles. The van der Waals surface area contributed by atoms with E-state index in [-0.39, 0.29) is 17.3 Å². The number of carbonyl (C=O) groups excluding carboxylic acids is 1. The average Bonchev–Trinajstić information content (AvgIpc) is 3.18. The standard InChI is InChI=1S/C24H26N6O3/c1-13-7-8-15(28-22(31)16-10-19(24(3,4)5)33-14(16)2)9-17(13)29-21-20-18(26-12-27-21)11-25-23(30-20)32-6/h7-12H,1-6H3,(H,28,31)(H,26,27,29). The fourth-order valence-corrected chi connectivity index (χ4v) is 3.27. The van der Waals surface area contributed by atoms with Crippen molar-refractivity contribution in [2.75, 3.05) is 17.7 Å². The maximum Gasteiger partial charge on any atom is 0.316 e. The van der Waals surface area contributed by atoms with Crippen LogP contribution in [0, 0.1) is 13.8 Å². The maximum absolute atomic E-state index is 12.9. The summed E-state index contributed by atoms with van der Waals surface area (Å²) in [5.41, 5.74) is 3.82. The summed E-state index contributed by atoms with van der Waals surface area (Å²) >= 11 is 0. The van der Waals surface area contributed by atoms with Crippen LogP contribution < -0.4 is 15.4 Å². The molecule has 0 aliphatic heterocycles. The molecule has 0 atom stereocenters. The molecule has 0 unspecified atom stereocenters. The predicted octanol–water partition coefficient (Wildman–Crippen LogP) is 4.93. The number of methoxy groups -OCH3 is 1. The van der Waals surface area contributed by atoms with E-state index in [1.807, 2.05) is 45.9 Å². The van der Waals surface area contributed by atoms with Gasteiger partial charge in [-0.2, -0.15) is 4.98 Å². The van der Waals surface area contributed by atoms with E-state index < -0.39 is 0 Å². The number of furan rings is 1. The molecule has 0 spiro atoms. The molecule has 33 heavy (non-hydrogen) atoms. The van der Waals surface area contributed by atoms with E-state index >= 15 is 0 Å². The summed E-state index contributed by atoms with van der Waals surface area (Å²) in [6.07, 6.45) is 3.02. The van der Waals surface area contributed by atoms with Crippen LogP contribution in [0.3, 0.4) is 0 Å². The molecule has 0 bridgehead atoms. The fourth-order valence-electron chi connectivity index (χ4n) is 3.27. The zero-order valence-electron chi connectivity index (χ0n) is 19.5. The largest absolute Gasteiger partial charge is 0.467 e. The number of aryl methyl sites for hydroxylation is 2. The summed E-state index contributed by atoms with van der Waals surface area (Å²) in [7, 11) is 1.50. The Morgan fingerprint density at radius 3 is 2.58 bits per heavy atom. The van der Waals surface area contributed by atoms with Crippen molar-refractivity contribution < 1.29 is 13.9 Å². The minimum Gasteiger partial charge on any atom is -0.467 e. The lowest BCUT2D eigenvalue weighted by Gasteiger charge is -2.13. The number of fused-ring (bicyclic) bond motifs is 1. The SMILES string of the molecule is COc1ncc2ncnc(Nc3cc(NC(=O)c4cc(C(C)(C)C)oc4C)ccc3C)c2n1. The van der Waals surface area contributed by atoms with Gasteiger partial charge in [-0.3, -0.25) is 4.79 Å². The highest BCUT2D eigenvalue weighted by molar-refractivity contribution is 6.05. The summed E-state index contributed by atoms with van der Waals surface area (Å²) in [5.74, 6) is 1.63. The monoisotopic (exact) mass is 446 g/mol. The van der Waals surface area contributed by atoms with E-state index in [1.54, 1.807) is 19.2 Å². The van der Waals surface area contributed by atoms with Crippen LogP contribution in [0.15, 0.2) is 41.2 Å². The van der Waals surface area contributed by atoms with Gasteiger partial charge in [0.05, 0.1) is 18.9 Å². The molecule has 9 nitrogen and oxygen atoms in total. The summed E-state index contributed by atoms with van der Waals surface area (Å²) in [6, 6.07) is 7.64. The third-order valence-electron chi connectivity index (χ3n) is 5.19. The molecular weight excluding hydrogens is 420 g/mol. The summed E-state index contributed by atoms with van der Waals surface area (Å²) < 4.78 is 10.9. The number of carbonyl (C=O) groups is 1. The molecule has 0 fully saturated rings. The lowest BCUT2D eigenvalue weighted by Crippen LogP contribution is -2.13. The first-order valence-corrected chi connectivity index (χ1v) is 10.5. The number of hydrogen-bond acceptors (Lipinski definition) is 8. The minimum absolute atomic E-state index is 0.184. The van der Waals surface area contributed by atoms with E-state index in [2.05, 4.69) is 30.6 Å². The quantitative estimate of drug-likeness (QED) is 0.443. The normalized spacial score (nSPS) is 11.5. The zero-order valence-corrected chi connectivity index (χ0v) is 19.5. The first-order valence-electron chi connectivity index (χ1n) is 10.5. The second-order valence-electron chi connectivity index (χ2n) is 8.75. The van der Waals surface area contributed by atoms with E-state index in [1.165, 1.54) is 13.4 Å². The summed E-state index contributed by atoms with van der Waals surface area (Å²) in [5, 5.41) is 6.24. The van der Waals surface area contributed by atoms with Crippen LogP contribution in [0.5, 0.6) is 6.01 Å². The van der Waals surface area contributed by atoms with Crippen LogP contribution >= 0.6 is 0 Å². The minimum atomic E-state index is -0.230. The molecule has 9 heteroatoms. The number of nitrogens with one attached hydrogen (secondary N) is 2. The Labute approximate surface area is 191 Å². The van der Waals surface area contributed by atoms with Crippen molar-refractivity contribution in [2.45, 2.75) is 40.0 Å². The lowest BCUT2D eigenvalue weighted by molar-refractivity contribution is 0.102. The van der Waals surface area contributed by atoms with Gasteiger partial charge in [0, 0.05) is 16.8 Å². The van der Waals surface area contributed by atoms with Crippen molar-refractivity contribution in [2.24, 2.45) is 0 Å². The molecule has 0 aliphatic rings. The Morgan fingerprint density at radius 2 is 1.88 bits per heavy atom. The van der Waals surface area contributed by atoms with Gasteiger partial charge in [0.2, 0.25) is 0 Å². The summed E-state index contributed by atoms with van der Waals surface area (Å²) in [6.45, 7) is 9.89. The van der Waals surface area contributed by atoms with Gasteiger partial charge in [0.25, 0.3) is 5.91 Å². The van der Waals surface area contributed by atoms with Gasteiger partial charge in [-0.1, -0.05) is 26.8 Å². The first kappa shape index (κ1) is 22.2. The Balaban J connectivity index is 1.61. The Hall–Kier alpha value is -4.01. The Morgan fingerprint density at radius 1 is 1.09 bits per heavy atom. The number of nitrogens with zero attached hydrogens (tertiary/aromatic N) is 4. The van der Waals surface area contributed by atoms with Crippen LogP contribution in [0.4, 0.5) is 17.2 Å². The van der Waals surface area contributed by atoms with Crippen molar-refractivity contribution in [3.05, 3.63) is 59.4 Å². The van der Waals surface area contributed by atoms with Crippen molar-refractivity contribution in [1.29, 1.82) is 0 Å². The molecular formula is C24H26N6O3. The molecule has 1 aromatic carbocycles. The van der Waals surface area contributed by atoms with Crippen LogP contribution in [-0.4, -0.2) is 33.0 Å². The molecule has 0 aliphatic carbocycles. The number of anilines is 3. The van der Waals surface area contributed by atoms with Gasteiger partial charge in [0.15, 0.2) is 5.82 Å². The topological polar surface area (TPSA) is 115 Å². The third kappa shape index (κ3) is 4.62. The smallest absolute Gasteiger partial charge is 0.316 e. The van der Waals surface area contributed by atoms with Crippen molar-refractivity contribution >= 4 is 34.1 Å². The van der Waals surface area contributed by atoms with Crippen LogP contribution in [0.2, 0.25) is 0 Å². The van der Waals surface area contributed by atoms with Crippen LogP contribution in [0.1, 0.15) is 48.2 Å². The van der Waals surface area contributed by atoms with Crippen molar-refractivity contribution in [3.63, 3.8) is 0 Å². The second-order valence-corrected chi connectivity index (χ2v) is 8.75. The third-order valence-corrected chi connectivity index (χ3v) is 5.19. The number of rotatable bonds is 5. The van der Waals surface area contributed by atoms with E-state index in [0.717, 1.165) is 17.0 Å². The number of ether oxygens (including phenoxy) is 1. The lowest BCUT2D eigenvalue weighted by atomic mass is 9.93. The summed E-state index contributed by atoms with van der Waals surface area (Å²) in [4.78, 5) is 29.9. The van der Waals surface area contributed by atoms with Gasteiger partial charge in [-0.25, -0.2) is 15.0 Å². The number of benzene rings is 1. The van der Waals surface area contributed by atoms with Crippen LogP contribution in [-0.2, 0) is 5.41 Å². The van der Waals surface area contributed by atoms with Gasteiger partial charge < -0.3 is 19.8 Å². The van der Waals surface area contributed by atoms with Gasteiger partial charge >= 0.3 is 6.01 Å². The molecule has 3 heterocycles. The highest BCUT2D eigenvalue weighted by atomic mass is 16.5.